The van der Waals surface area contributed by atoms with Crippen LogP contribution in [0.3, 0.4) is 0 Å². The predicted octanol–water partition coefficient (Wildman–Crippen LogP) is 3.89. The van der Waals surface area contributed by atoms with Crippen LogP contribution in [0.15, 0.2) is 36.4 Å². The standard InChI is InChI=1S/C16H18O2/c1-3-11-6-5-7-12(4-2)16(11)14-9-8-13(17)10-15(14)18/h5-10,17-18H,3-4H2,1-2H3. The molecule has 0 atom stereocenters. The molecule has 0 unspecified atom stereocenters. The summed E-state index contributed by atoms with van der Waals surface area (Å²) in [5.74, 6) is 0.217. The van der Waals surface area contributed by atoms with Crippen molar-refractivity contribution < 1.29 is 10.2 Å². The van der Waals surface area contributed by atoms with Gasteiger partial charge in [-0.05, 0) is 41.7 Å². The highest BCUT2D eigenvalue weighted by molar-refractivity contribution is 5.76. The average molecular weight is 242 g/mol. The number of phenolic OH excluding ortho intramolecular Hbond substituents is 2. The van der Waals surface area contributed by atoms with Crippen molar-refractivity contribution in [1.82, 2.24) is 0 Å². The Morgan fingerprint density at radius 2 is 1.50 bits per heavy atom. The van der Waals surface area contributed by atoms with Gasteiger partial charge in [-0.2, -0.15) is 0 Å². The van der Waals surface area contributed by atoms with E-state index in [1.807, 2.05) is 0 Å². The third kappa shape index (κ3) is 2.19. The lowest BCUT2D eigenvalue weighted by atomic mass is 9.91. The van der Waals surface area contributed by atoms with Gasteiger partial charge in [-0.3, -0.25) is 0 Å². The maximum atomic E-state index is 10.0. The number of phenols is 2. The van der Waals surface area contributed by atoms with Gasteiger partial charge in [-0.25, -0.2) is 0 Å². The molecule has 2 aromatic rings. The van der Waals surface area contributed by atoms with E-state index in [0.717, 1.165) is 24.0 Å². The highest BCUT2D eigenvalue weighted by Gasteiger charge is 2.12. The number of aromatic hydroxyl groups is 2. The van der Waals surface area contributed by atoms with E-state index in [2.05, 4.69) is 32.0 Å². The maximum absolute atomic E-state index is 10.0. The Bertz CT molecular complexity index is 537. The second kappa shape index (κ2) is 5.13. The minimum atomic E-state index is 0.0864. The summed E-state index contributed by atoms with van der Waals surface area (Å²) < 4.78 is 0. The zero-order chi connectivity index (χ0) is 13.1. The van der Waals surface area contributed by atoms with E-state index >= 15 is 0 Å². The molecule has 0 aliphatic heterocycles. The summed E-state index contributed by atoms with van der Waals surface area (Å²) in [6.45, 7) is 4.21. The number of hydrogen-bond acceptors (Lipinski definition) is 2. The molecule has 0 aliphatic rings. The van der Waals surface area contributed by atoms with Gasteiger partial charge in [0.1, 0.15) is 11.5 Å². The molecule has 2 aromatic carbocycles. The minimum absolute atomic E-state index is 0.0864. The third-order valence-electron chi connectivity index (χ3n) is 3.25. The van der Waals surface area contributed by atoms with E-state index in [9.17, 15) is 10.2 Å². The van der Waals surface area contributed by atoms with Gasteiger partial charge in [0.25, 0.3) is 0 Å². The maximum Gasteiger partial charge on any atom is 0.127 e. The molecule has 2 rings (SSSR count). The highest BCUT2D eigenvalue weighted by atomic mass is 16.3. The summed E-state index contributed by atoms with van der Waals surface area (Å²) in [4.78, 5) is 0. The second-order valence-corrected chi connectivity index (χ2v) is 4.36. The van der Waals surface area contributed by atoms with Crippen molar-refractivity contribution >= 4 is 0 Å². The first-order chi connectivity index (χ1) is 8.67. The van der Waals surface area contributed by atoms with E-state index in [1.54, 1.807) is 12.1 Å². The van der Waals surface area contributed by atoms with Gasteiger partial charge < -0.3 is 10.2 Å². The molecule has 2 heteroatoms. The molecule has 0 amide bonds. The molecule has 0 heterocycles. The van der Waals surface area contributed by atoms with Gasteiger partial charge >= 0.3 is 0 Å². The zero-order valence-electron chi connectivity index (χ0n) is 10.8. The lowest BCUT2D eigenvalue weighted by Crippen LogP contribution is -1.94. The lowest BCUT2D eigenvalue weighted by molar-refractivity contribution is 0.452. The topological polar surface area (TPSA) is 40.5 Å². The van der Waals surface area contributed by atoms with Gasteiger partial charge in [0.05, 0.1) is 0 Å². The second-order valence-electron chi connectivity index (χ2n) is 4.36. The van der Waals surface area contributed by atoms with Crippen molar-refractivity contribution in [3.63, 3.8) is 0 Å². The van der Waals surface area contributed by atoms with Gasteiger partial charge in [0.2, 0.25) is 0 Å². The van der Waals surface area contributed by atoms with Crippen molar-refractivity contribution in [3.05, 3.63) is 47.5 Å². The zero-order valence-corrected chi connectivity index (χ0v) is 10.8. The van der Waals surface area contributed by atoms with E-state index in [1.165, 1.54) is 17.2 Å². The van der Waals surface area contributed by atoms with Crippen LogP contribution in [0.5, 0.6) is 11.5 Å². The molecule has 0 saturated carbocycles. The number of benzene rings is 2. The Morgan fingerprint density at radius 3 is 2.00 bits per heavy atom. The molecule has 0 bridgehead atoms. The van der Waals surface area contributed by atoms with Crippen LogP contribution >= 0.6 is 0 Å². The first-order valence-corrected chi connectivity index (χ1v) is 6.30. The van der Waals surface area contributed by atoms with Gasteiger partial charge in [-0.1, -0.05) is 32.0 Å². The van der Waals surface area contributed by atoms with E-state index in [0.29, 0.717) is 0 Å². The first kappa shape index (κ1) is 12.5. The van der Waals surface area contributed by atoms with Gasteiger partial charge in [0.15, 0.2) is 0 Å². The molecule has 0 spiro atoms. The Morgan fingerprint density at radius 1 is 0.889 bits per heavy atom. The molecule has 0 fully saturated rings. The van der Waals surface area contributed by atoms with E-state index < -0.39 is 0 Å². The third-order valence-corrected chi connectivity index (χ3v) is 3.25. The first-order valence-electron chi connectivity index (χ1n) is 6.30. The summed E-state index contributed by atoms with van der Waals surface area (Å²) in [7, 11) is 0. The predicted molar refractivity (Wildman–Crippen MR) is 74.0 cm³/mol. The molecule has 2 N–H and O–H groups in total. The van der Waals surface area contributed by atoms with Crippen LogP contribution in [0.25, 0.3) is 11.1 Å². The summed E-state index contributed by atoms with van der Waals surface area (Å²) >= 11 is 0. The molecule has 18 heavy (non-hydrogen) atoms. The monoisotopic (exact) mass is 242 g/mol. The molecular formula is C16H18O2. The van der Waals surface area contributed by atoms with Crippen LogP contribution in [0.4, 0.5) is 0 Å². The Hall–Kier alpha value is -1.96. The fraction of sp³-hybridized carbons (Fsp3) is 0.250. The summed E-state index contributed by atoms with van der Waals surface area (Å²) in [5, 5.41) is 19.4. The van der Waals surface area contributed by atoms with Crippen LogP contribution in [0.2, 0.25) is 0 Å². The van der Waals surface area contributed by atoms with Crippen LogP contribution in [-0.4, -0.2) is 10.2 Å². The summed E-state index contributed by atoms with van der Waals surface area (Å²) in [6, 6.07) is 11.0. The molecular weight excluding hydrogens is 224 g/mol. The molecule has 0 radical (unpaired) electrons. The van der Waals surface area contributed by atoms with E-state index in [-0.39, 0.29) is 11.5 Å². The summed E-state index contributed by atoms with van der Waals surface area (Å²) in [5.41, 5.74) is 4.33. The largest absolute Gasteiger partial charge is 0.508 e. The van der Waals surface area contributed by atoms with Crippen molar-refractivity contribution in [2.75, 3.05) is 0 Å². The Kier molecular flexibility index (Phi) is 3.56. The highest BCUT2D eigenvalue weighted by Crippen LogP contribution is 2.36. The molecule has 0 saturated heterocycles. The molecule has 0 aliphatic carbocycles. The normalized spacial score (nSPS) is 10.6. The van der Waals surface area contributed by atoms with Crippen molar-refractivity contribution in [1.29, 1.82) is 0 Å². The fourth-order valence-electron chi connectivity index (χ4n) is 2.32. The van der Waals surface area contributed by atoms with Crippen molar-refractivity contribution in [3.8, 4) is 22.6 Å². The van der Waals surface area contributed by atoms with Crippen LogP contribution in [0, 0.1) is 0 Å². The SMILES string of the molecule is CCc1cccc(CC)c1-c1ccc(O)cc1O. The van der Waals surface area contributed by atoms with Gasteiger partial charge in [-0.15, -0.1) is 0 Å². The number of hydrogen-bond donors (Lipinski definition) is 2. The number of rotatable bonds is 3. The average Bonchev–Trinajstić information content (AvgIpc) is 2.38. The van der Waals surface area contributed by atoms with Crippen LogP contribution in [0.1, 0.15) is 25.0 Å². The molecule has 0 aromatic heterocycles. The fourth-order valence-corrected chi connectivity index (χ4v) is 2.32. The molecule has 2 nitrogen and oxygen atoms in total. The van der Waals surface area contributed by atoms with Crippen molar-refractivity contribution in [2.45, 2.75) is 26.7 Å². The molecule has 94 valence electrons. The minimum Gasteiger partial charge on any atom is -0.508 e. The van der Waals surface area contributed by atoms with Crippen molar-refractivity contribution in [2.24, 2.45) is 0 Å². The van der Waals surface area contributed by atoms with Crippen LogP contribution in [-0.2, 0) is 12.8 Å². The van der Waals surface area contributed by atoms with Gasteiger partial charge in [0, 0.05) is 11.6 Å². The van der Waals surface area contributed by atoms with Crippen LogP contribution < -0.4 is 0 Å². The Labute approximate surface area is 108 Å². The lowest BCUT2D eigenvalue weighted by Gasteiger charge is -2.14. The smallest absolute Gasteiger partial charge is 0.127 e. The Balaban J connectivity index is 2.68. The number of aryl methyl sites for hydroxylation is 2. The quantitative estimate of drug-likeness (QED) is 0.857. The van der Waals surface area contributed by atoms with E-state index in [4.69, 9.17) is 0 Å². The summed E-state index contributed by atoms with van der Waals surface area (Å²) in [6.07, 6.45) is 1.84.